The van der Waals surface area contributed by atoms with E-state index in [4.69, 9.17) is 0 Å². The Morgan fingerprint density at radius 3 is 2.52 bits per heavy atom. The molecule has 1 unspecified atom stereocenters. The van der Waals surface area contributed by atoms with Crippen molar-refractivity contribution >= 4 is 0 Å². The monoisotopic (exact) mass is 305 g/mol. The van der Waals surface area contributed by atoms with E-state index in [-0.39, 0.29) is 19.0 Å². The normalized spacial score (nSPS) is 17.3. The van der Waals surface area contributed by atoms with E-state index in [1.807, 2.05) is 0 Å². The third-order valence-corrected chi connectivity index (χ3v) is 3.72. The molecule has 1 fully saturated rings. The Labute approximate surface area is 121 Å². The van der Waals surface area contributed by atoms with Gasteiger partial charge in [0.25, 0.3) is 0 Å². The van der Waals surface area contributed by atoms with Gasteiger partial charge in [0.2, 0.25) is 0 Å². The van der Waals surface area contributed by atoms with E-state index in [0.717, 1.165) is 12.8 Å². The highest BCUT2D eigenvalue weighted by Gasteiger charge is 2.37. The second kappa shape index (κ2) is 6.32. The number of aryl methyl sites for hydroxylation is 1. The van der Waals surface area contributed by atoms with Crippen molar-refractivity contribution in [2.24, 2.45) is 0 Å². The SMILES string of the molecule is Cc1ccc(C(O)CCN(CC(F)(F)F)C2CC2)cc1F. The summed E-state index contributed by atoms with van der Waals surface area (Å²) in [6.07, 6.45) is -3.48. The molecule has 2 rings (SSSR count). The van der Waals surface area contributed by atoms with Gasteiger partial charge in [0.15, 0.2) is 0 Å². The van der Waals surface area contributed by atoms with Gasteiger partial charge in [-0.05, 0) is 43.4 Å². The first kappa shape index (κ1) is 16.2. The number of rotatable bonds is 6. The number of halogens is 4. The molecule has 0 aromatic heterocycles. The van der Waals surface area contributed by atoms with Crippen LogP contribution in [0, 0.1) is 12.7 Å². The number of hydrogen-bond donors (Lipinski definition) is 1. The largest absolute Gasteiger partial charge is 0.401 e. The van der Waals surface area contributed by atoms with Crippen molar-refractivity contribution < 1.29 is 22.7 Å². The summed E-state index contributed by atoms with van der Waals surface area (Å²) in [5, 5.41) is 10.0. The zero-order valence-electron chi connectivity index (χ0n) is 11.8. The summed E-state index contributed by atoms with van der Waals surface area (Å²) in [7, 11) is 0. The molecule has 118 valence electrons. The quantitative estimate of drug-likeness (QED) is 0.812. The summed E-state index contributed by atoms with van der Waals surface area (Å²) in [5.41, 5.74) is 0.878. The maximum Gasteiger partial charge on any atom is 0.401 e. The van der Waals surface area contributed by atoms with Gasteiger partial charge in [-0.25, -0.2) is 4.39 Å². The van der Waals surface area contributed by atoms with Crippen LogP contribution in [0.5, 0.6) is 0 Å². The van der Waals surface area contributed by atoms with Crippen LogP contribution >= 0.6 is 0 Å². The Hall–Kier alpha value is -1.14. The van der Waals surface area contributed by atoms with Gasteiger partial charge in [0.05, 0.1) is 12.6 Å². The predicted octanol–water partition coefficient (Wildman–Crippen LogP) is 3.58. The lowest BCUT2D eigenvalue weighted by molar-refractivity contribution is -0.147. The molecule has 2 nitrogen and oxygen atoms in total. The molecule has 0 heterocycles. The number of aliphatic hydroxyl groups excluding tert-OH is 1. The summed E-state index contributed by atoms with van der Waals surface area (Å²) >= 11 is 0. The molecular weight excluding hydrogens is 286 g/mol. The van der Waals surface area contributed by atoms with Gasteiger partial charge in [-0.15, -0.1) is 0 Å². The summed E-state index contributed by atoms with van der Waals surface area (Å²) in [6, 6.07) is 4.37. The maximum absolute atomic E-state index is 13.4. The summed E-state index contributed by atoms with van der Waals surface area (Å²) in [5.74, 6) is -0.416. The molecule has 0 bridgehead atoms. The highest BCUT2D eigenvalue weighted by molar-refractivity contribution is 5.24. The molecule has 21 heavy (non-hydrogen) atoms. The minimum atomic E-state index is -4.23. The van der Waals surface area contributed by atoms with Crippen molar-refractivity contribution in [1.82, 2.24) is 4.90 Å². The molecule has 1 aliphatic rings. The predicted molar refractivity (Wildman–Crippen MR) is 71.4 cm³/mol. The van der Waals surface area contributed by atoms with Crippen molar-refractivity contribution in [3.63, 3.8) is 0 Å². The molecule has 0 saturated heterocycles. The highest BCUT2D eigenvalue weighted by atomic mass is 19.4. The van der Waals surface area contributed by atoms with Crippen LogP contribution in [0.25, 0.3) is 0 Å². The molecule has 0 radical (unpaired) electrons. The average molecular weight is 305 g/mol. The Balaban J connectivity index is 1.92. The molecule has 1 aromatic rings. The van der Waals surface area contributed by atoms with Crippen molar-refractivity contribution in [1.29, 1.82) is 0 Å². The minimum absolute atomic E-state index is 0.0337. The van der Waals surface area contributed by atoms with Gasteiger partial charge in [-0.2, -0.15) is 13.2 Å². The van der Waals surface area contributed by atoms with Crippen molar-refractivity contribution in [3.05, 3.63) is 35.1 Å². The molecule has 1 saturated carbocycles. The van der Waals surface area contributed by atoms with Crippen LogP contribution in [0.4, 0.5) is 17.6 Å². The fraction of sp³-hybridized carbons (Fsp3) is 0.600. The Morgan fingerprint density at radius 1 is 1.33 bits per heavy atom. The Kier molecular flexibility index (Phi) is 4.88. The zero-order valence-corrected chi connectivity index (χ0v) is 11.8. The lowest BCUT2D eigenvalue weighted by Crippen LogP contribution is -2.37. The smallest absolute Gasteiger partial charge is 0.388 e. The zero-order chi connectivity index (χ0) is 15.6. The molecule has 1 N–H and O–H groups in total. The fourth-order valence-electron chi connectivity index (χ4n) is 2.33. The number of aliphatic hydroxyl groups is 1. The van der Waals surface area contributed by atoms with E-state index in [2.05, 4.69) is 0 Å². The minimum Gasteiger partial charge on any atom is -0.388 e. The number of hydrogen-bond acceptors (Lipinski definition) is 2. The topological polar surface area (TPSA) is 23.5 Å². The molecule has 0 spiro atoms. The molecular formula is C15H19F4NO. The molecule has 1 aromatic carbocycles. The van der Waals surface area contributed by atoms with Crippen LogP contribution in [0.3, 0.4) is 0 Å². The molecule has 1 atom stereocenters. The number of nitrogens with zero attached hydrogens (tertiary/aromatic N) is 1. The number of alkyl halides is 3. The molecule has 0 aliphatic heterocycles. The summed E-state index contributed by atoms with van der Waals surface area (Å²) in [6.45, 7) is 0.817. The van der Waals surface area contributed by atoms with Gasteiger partial charge in [-0.1, -0.05) is 12.1 Å². The third kappa shape index (κ3) is 4.97. The van der Waals surface area contributed by atoms with E-state index in [1.165, 1.54) is 11.0 Å². The second-order valence-electron chi connectivity index (χ2n) is 5.63. The Bertz CT molecular complexity index is 485. The van der Waals surface area contributed by atoms with E-state index in [0.29, 0.717) is 11.1 Å². The van der Waals surface area contributed by atoms with Crippen LogP contribution < -0.4 is 0 Å². The van der Waals surface area contributed by atoms with Crippen LogP contribution in [0.15, 0.2) is 18.2 Å². The van der Waals surface area contributed by atoms with Crippen LogP contribution in [-0.4, -0.2) is 35.3 Å². The van der Waals surface area contributed by atoms with Crippen LogP contribution in [0.2, 0.25) is 0 Å². The Morgan fingerprint density at radius 2 is 2.00 bits per heavy atom. The fourth-order valence-corrected chi connectivity index (χ4v) is 2.33. The van der Waals surface area contributed by atoms with Gasteiger partial charge in [-0.3, -0.25) is 4.90 Å². The lowest BCUT2D eigenvalue weighted by Gasteiger charge is -2.24. The lowest BCUT2D eigenvalue weighted by atomic mass is 10.0. The summed E-state index contributed by atoms with van der Waals surface area (Å²) in [4.78, 5) is 1.35. The standard InChI is InChI=1S/C15H19F4NO/c1-10-2-3-11(8-13(10)16)14(21)6-7-20(12-4-5-12)9-15(17,18)19/h2-3,8,12,14,21H,4-7,9H2,1H3. The molecule has 1 aliphatic carbocycles. The first-order valence-corrected chi connectivity index (χ1v) is 7.01. The van der Waals surface area contributed by atoms with Crippen LogP contribution in [0.1, 0.15) is 36.5 Å². The molecule has 6 heteroatoms. The van der Waals surface area contributed by atoms with E-state index >= 15 is 0 Å². The average Bonchev–Trinajstić information content (AvgIpc) is 3.20. The van der Waals surface area contributed by atoms with E-state index < -0.39 is 24.6 Å². The first-order chi connectivity index (χ1) is 9.76. The van der Waals surface area contributed by atoms with Gasteiger partial charge < -0.3 is 5.11 Å². The van der Waals surface area contributed by atoms with E-state index in [1.54, 1.807) is 19.1 Å². The molecule has 0 amide bonds. The van der Waals surface area contributed by atoms with E-state index in [9.17, 15) is 22.7 Å². The number of benzene rings is 1. The second-order valence-corrected chi connectivity index (χ2v) is 5.63. The maximum atomic E-state index is 13.4. The van der Waals surface area contributed by atoms with Gasteiger partial charge in [0.1, 0.15) is 5.82 Å². The van der Waals surface area contributed by atoms with Crippen LogP contribution in [-0.2, 0) is 0 Å². The third-order valence-electron chi connectivity index (χ3n) is 3.72. The van der Waals surface area contributed by atoms with Crippen molar-refractivity contribution in [2.45, 2.75) is 44.5 Å². The van der Waals surface area contributed by atoms with Gasteiger partial charge in [0, 0.05) is 12.6 Å². The highest BCUT2D eigenvalue weighted by Crippen LogP contribution is 2.31. The first-order valence-electron chi connectivity index (χ1n) is 7.01. The van der Waals surface area contributed by atoms with Crippen molar-refractivity contribution in [2.75, 3.05) is 13.1 Å². The summed E-state index contributed by atoms with van der Waals surface area (Å²) < 4.78 is 50.9. The van der Waals surface area contributed by atoms with Gasteiger partial charge >= 0.3 is 6.18 Å². The van der Waals surface area contributed by atoms with Crippen molar-refractivity contribution in [3.8, 4) is 0 Å².